The first kappa shape index (κ1) is 19.4. The Labute approximate surface area is 162 Å². The van der Waals surface area contributed by atoms with Gasteiger partial charge >= 0.3 is 0 Å². The molecule has 0 bridgehead atoms. The lowest BCUT2D eigenvalue weighted by Crippen LogP contribution is -2.39. The molecule has 0 amide bonds. The zero-order chi connectivity index (χ0) is 19.4. The van der Waals surface area contributed by atoms with Crippen LogP contribution in [0.1, 0.15) is 56.3 Å². The quantitative estimate of drug-likeness (QED) is 0.757. The van der Waals surface area contributed by atoms with Crippen molar-refractivity contribution >= 4 is 5.71 Å². The summed E-state index contributed by atoms with van der Waals surface area (Å²) in [5.41, 5.74) is 4.35. The number of rotatable bonds is 6. The van der Waals surface area contributed by atoms with Crippen LogP contribution in [0.15, 0.2) is 47.5 Å². The Morgan fingerprint density at radius 1 is 1.19 bits per heavy atom. The lowest BCUT2D eigenvalue weighted by Gasteiger charge is -2.31. The maximum absolute atomic E-state index is 10.7. The summed E-state index contributed by atoms with van der Waals surface area (Å²) in [6.45, 7) is 8.96. The molecule has 2 aromatic rings. The Hall–Kier alpha value is -2.33. The lowest BCUT2D eigenvalue weighted by atomic mass is 9.93. The molecular weight excluding hydrogens is 336 g/mol. The van der Waals surface area contributed by atoms with Crippen LogP contribution in [0.3, 0.4) is 0 Å². The van der Waals surface area contributed by atoms with Crippen molar-refractivity contribution in [2.24, 2.45) is 10.9 Å². The molecule has 3 rings (SSSR count). The number of ether oxygens (including phenoxy) is 1. The first-order chi connectivity index (χ1) is 13.0. The number of aryl methyl sites for hydroxylation is 1. The third-order valence-electron chi connectivity index (χ3n) is 4.89. The molecule has 1 aliphatic rings. The first-order valence-electron chi connectivity index (χ1n) is 9.82. The van der Waals surface area contributed by atoms with E-state index in [-0.39, 0.29) is 18.0 Å². The van der Waals surface area contributed by atoms with Gasteiger partial charge < -0.3 is 9.84 Å². The normalized spacial score (nSPS) is 19.8. The van der Waals surface area contributed by atoms with Gasteiger partial charge in [-0.1, -0.05) is 55.8 Å². The summed E-state index contributed by atoms with van der Waals surface area (Å²) in [5, 5.41) is 14.3. The van der Waals surface area contributed by atoms with Gasteiger partial charge in [0.05, 0.1) is 6.61 Å². The molecule has 2 N–H and O–H groups in total. The van der Waals surface area contributed by atoms with Crippen LogP contribution in [0.5, 0.6) is 11.5 Å². The minimum atomic E-state index is 0.00274. The standard InChI is InChI=1S/C23H30N2O2/c1-5-27-21-8-6-7-18(23(21)26)20-14-19(17-11-9-16(4)10-12-17)24-22(25-20)13-15(2)3/h6-12,15,20,22,25-26H,5,13-14H2,1-4H3/t20-,22-/m0/s1. The number of aliphatic imine (C=N–C) groups is 1. The summed E-state index contributed by atoms with van der Waals surface area (Å²) in [5.74, 6) is 1.30. The van der Waals surface area contributed by atoms with Crippen LogP contribution in [-0.4, -0.2) is 23.6 Å². The Bertz CT molecular complexity index is 797. The number of benzene rings is 2. The second kappa shape index (κ2) is 8.57. The summed E-state index contributed by atoms with van der Waals surface area (Å²) in [6.07, 6.45) is 1.73. The van der Waals surface area contributed by atoms with E-state index < -0.39 is 0 Å². The predicted molar refractivity (Wildman–Crippen MR) is 111 cm³/mol. The van der Waals surface area contributed by atoms with Crippen LogP contribution in [0.25, 0.3) is 0 Å². The zero-order valence-corrected chi connectivity index (χ0v) is 16.7. The zero-order valence-electron chi connectivity index (χ0n) is 16.7. The van der Waals surface area contributed by atoms with Crippen molar-refractivity contribution in [2.45, 2.75) is 52.7 Å². The molecule has 2 aromatic carbocycles. The van der Waals surface area contributed by atoms with E-state index in [1.54, 1.807) is 0 Å². The Morgan fingerprint density at radius 2 is 1.93 bits per heavy atom. The molecule has 0 saturated carbocycles. The van der Waals surface area contributed by atoms with Crippen LogP contribution in [0.4, 0.5) is 0 Å². The van der Waals surface area contributed by atoms with Crippen LogP contribution in [0, 0.1) is 12.8 Å². The van der Waals surface area contributed by atoms with E-state index in [1.807, 2.05) is 25.1 Å². The smallest absolute Gasteiger partial charge is 0.162 e. The molecule has 0 fully saturated rings. The number of phenolic OH excluding ortho intramolecular Hbond substituents is 1. The topological polar surface area (TPSA) is 53.8 Å². The number of nitrogens with one attached hydrogen (secondary N) is 1. The second-order valence-corrected chi connectivity index (χ2v) is 7.64. The van der Waals surface area contributed by atoms with Gasteiger partial charge in [-0.15, -0.1) is 0 Å². The molecule has 4 heteroatoms. The van der Waals surface area contributed by atoms with E-state index in [0.717, 1.165) is 29.7 Å². The predicted octanol–water partition coefficient (Wildman–Crippen LogP) is 5.00. The lowest BCUT2D eigenvalue weighted by molar-refractivity contribution is 0.311. The molecule has 0 aliphatic carbocycles. The van der Waals surface area contributed by atoms with Crippen LogP contribution in [-0.2, 0) is 0 Å². The Kier molecular flexibility index (Phi) is 6.17. The summed E-state index contributed by atoms with van der Waals surface area (Å²) in [4.78, 5) is 4.98. The van der Waals surface area contributed by atoms with Crippen LogP contribution >= 0.6 is 0 Å². The van der Waals surface area contributed by atoms with E-state index in [2.05, 4.69) is 50.4 Å². The molecule has 4 nitrogen and oxygen atoms in total. The van der Waals surface area contributed by atoms with E-state index in [9.17, 15) is 5.11 Å². The average Bonchev–Trinajstić information content (AvgIpc) is 2.63. The summed E-state index contributed by atoms with van der Waals surface area (Å²) >= 11 is 0. The highest BCUT2D eigenvalue weighted by Crippen LogP contribution is 2.37. The third-order valence-corrected chi connectivity index (χ3v) is 4.89. The number of para-hydroxylation sites is 1. The van der Waals surface area contributed by atoms with Gasteiger partial charge in [-0.2, -0.15) is 0 Å². The Balaban J connectivity index is 1.94. The molecular formula is C23H30N2O2. The number of aromatic hydroxyl groups is 1. The highest BCUT2D eigenvalue weighted by molar-refractivity contribution is 6.01. The summed E-state index contributed by atoms with van der Waals surface area (Å²) in [7, 11) is 0. The highest BCUT2D eigenvalue weighted by Gasteiger charge is 2.28. The summed E-state index contributed by atoms with van der Waals surface area (Å²) in [6, 6.07) is 14.3. The van der Waals surface area contributed by atoms with Gasteiger partial charge in [-0.3, -0.25) is 10.3 Å². The van der Waals surface area contributed by atoms with Gasteiger partial charge in [0.15, 0.2) is 11.5 Å². The van der Waals surface area contributed by atoms with Crippen LogP contribution in [0.2, 0.25) is 0 Å². The van der Waals surface area contributed by atoms with Crippen molar-refractivity contribution in [2.75, 3.05) is 6.61 Å². The van der Waals surface area contributed by atoms with Gasteiger partial charge in [0, 0.05) is 23.7 Å². The van der Waals surface area contributed by atoms with Crippen molar-refractivity contribution < 1.29 is 9.84 Å². The van der Waals surface area contributed by atoms with Crippen molar-refractivity contribution in [1.29, 1.82) is 0 Å². The third kappa shape index (κ3) is 4.69. The van der Waals surface area contributed by atoms with E-state index in [0.29, 0.717) is 18.3 Å². The SMILES string of the molecule is CCOc1cccc([C@@H]2CC(c3ccc(C)cc3)=N[C@H](CC(C)C)N2)c1O. The molecule has 1 aliphatic heterocycles. The number of nitrogens with zero attached hydrogens (tertiary/aromatic N) is 1. The van der Waals surface area contributed by atoms with E-state index >= 15 is 0 Å². The fraction of sp³-hybridized carbons (Fsp3) is 0.435. The van der Waals surface area contributed by atoms with Crippen molar-refractivity contribution in [3.05, 3.63) is 59.2 Å². The fourth-order valence-corrected chi connectivity index (χ4v) is 3.56. The monoisotopic (exact) mass is 366 g/mol. The molecule has 0 radical (unpaired) electrons. The Morgan fingerprint density at radius 3 is 2.59 bits per heavy atom. The van der Waals surface area contributed by atoms with Gasteiger partial charge in [0.25, 0.3) is 0 Å². The molecule has 0 spiro atoms. The van der Waals surface area contributed by atoms with Crippen molar-refractivity contribution in [1.82, 2.24) is 5.32 Å². The molecule has 0 saturated heterocycles. The highest BCUT2D eigenvalue weighted by atomic mass is 16.5. The first-order valence-corrected chi connectivity index (χ1v) is 9.82. The largest absolute Gasteiger partial charge is 0.504 e. The molecule has 144 valence electrons. The second-order valence-electron chi connectivity index (χ2n) is 7.64. The maximum atomic E-state index is 10.7. The van der Waals surface area contributed by atoms with Gasteiger partial charge in [-0.05, 0) is 37.8 Å². The fourth-order valence-electron chi connectivity index (χ4n) is 3.56. The number of hydrogen-bond acceptors (Lipinski definition) is 4. The van der Waals surface area contributed by atoms with E-state index in [1.165, 1.54) is 5.56 Å². The van der Waals surface area contributed by atoms with Crippen molar-refractivity contribution in [3.8, 4) is 11.5 Å². The van der Waals surface area contributed by atoms with Crippen molar-refractivity contribution in [3.63, 3.8) is 0 Å². The summed E-state index contributed by atoms with van der Waals surface area (Å²) < 4.78 is 5.58. The van der Waals surface area contributed by atoms with Gasteiger partial charge in [0.1, 0.15) is 6.17 Å². The van der Waals surface area contributed by atoms with Gasteiger partial charge in [0.2, 0.25) is 0 Å². The molecule has 0 aromatic heterocycles. The minimum Gasteiger partial charge on any atom is -0.504 e. The molecule has 2 atom stereocenters. The van der Waals surface area contributed by atoms with Crippen LogP contribution < -0.4 is 10.1 Å². The number of phenols is 1. The van der Waals surface area contributed by atoms with E-state index in [4.69, 9.17) is 9.73 Å². The average molecular weight is 367 g/mol. The molecule has 1 heterocycles. The number of hydrogen-bond donors (Lipinski definition) is 2. The maximum Gasteiger partial charge on any atom is 0.162 e. The molecule has 27 heavy (non-hydrogen) atoms. The molecule has 0 unspecified atom stereocenters. The van der Waals surface area contributed by atoms with Gasteiger partial charge in [-0.25, -0.2) is 0 Å². The minimum absolute atomic E-state index is 0.00274.